The molecule has 7 rings (SSSR count). The lowest BCUT2D eigenvalue weighted by Gasteiger charge is -2.36. The summed E-state index contributed by atoms with van der Waals surface area (Å²) in [6, 6.07) is 7.57. The van der Waals surface area contributed by atoms with Crippen LogP contribution in [-0.4, -0.2) is 77.4 Å². The van der Waals surface area contributed by atoms with Crippen LogP contribution in [0.4, 0.5) is 20.4 Å². The molecule has 0 aliphatic carbocycles. The molecule has 5 aromatic heterocycles. The summed E-state index contributed by atoms with van der Waals surface area (Å²) in [5.41, 5.74) is 8.24. The van der Waals surface area contributed by atoms with Crippen LogP contribution in [0.25, 0.3) is 27.3 Å². The third-order valence-corrected chi connectivity index (χ3v) is 8.12. The maximum atomic E-state index is 14.7. The lowest BCUT2D eigenvalue weighted by Crippen LogP contribution is -2.47. The van der Waals surface area contributed by atoms with Gasteiger partial charge in [-0.1, -0.05) is 11.3 Å². The number of furan rings is 1. The van der Waals surface area contributed by atoms with Gasteiger partial charge in [0, 0.05) is 51.4 Å². The fourth-order valence-electron chi connectivity index (χ4n) is 5.00. The van der Waals surface area contributed by atoms with Crippen LogP contribution in [0.15, 0.2) is 45.8 Å². The molecule has 1 aliphatic rings. The van der Waals surface area contributed by atoms with Gasteiger partial charge in [-0.05, 0) is 28.6 Å². The molecule has 0 saturated carbocycles. The van der Waals surface area contributed by atoms with Gasteiger partial charge in [0.15, 0.2) is 28.8 Å². The number of nitrogens with zero attached hydrogens (tertiary/aromatic N) is 9. The zero-order chi connectivity index (χ0) is 28.8. The number of thiazole rings is 1. The van der Waals surface area contributed by atoms with E-state index in [1.165, 1.54) is 10.6 Å². The van der Waals surface area contributed by atoms with Crippen LogP contribution in [0, 0.1) is 11.6 Å². The lowest BCUT2D eigenvalue weighted by molar-refractivity contribution is 0.247. The van der Waals surface area contributed by atoms with Gasteiger partial charge >= 0.3 is 4.87 Å². The van der Waals surface area contributed by atoms with E-state index in [0.717, 1.165) is 17.4 Å². The third kappa shape index (κ3) is 4.71. The van der Waals surface area contributed by atoms with Crippen molar-refractivity contribution in [2.75, 3.05) is 43.4 Å². The fraction of sp³-hybridized carbons (Fsp3) is 0.280. The van der Waals surface area contributed by atoms with Crippen molar-refractivity contribution in [3.8, 4) is 17.2 Å². The summed E-state index contributed by atoms with van der Waals surface area (Å²) < 4.78 is 43.8. The highest BCUT2D eigenvalue weighted by Crippen LogP contribution is 2.30. The predicted molar refractivity (Wildman–Crippen MR) is 148 cm³/mol. The van der Waals surface area contributed by atoms with Gasteiger partial charge < -0.3 is 19.8 Å². The second-order valence-corrected chi connectivity index (χ2v) is 10.6. The summed E-state index contributed by atoms with van der Waals surface area (Å²) in [7, 11) is 0. The van der Waals surface area contributed by atoms with E-state index >= 15 is 0 Å². The Morgan fingerprint density at radius 1 is 1.12 bits per heavy atom. The molecule has 14 nitrogen and oxygen atoms in total. The SMILES string of the molecule is Nc1nc2c(sc(=O)n2CCN2CCN(c3cc(OCc4nnn[nH]4)c(F)cc3F)CC2)c2cc(-c3ccco3)nn12. The van der Waals surface area contributed by atoms with Gasteiger partial charge in [0.05, 0.1) is 17.5 Å². The Morgan fingerprint density at radius 3 is 2.74 bits per heavy atom. The lowest BCUT2D eigenvalue weighted by atomic mass is 10.2. The van der Waals surface area contributed by atoms with E-state index in [1.807, 2.05) is 11.0 Å². The highest BCUT2D eigenvalue weighted by atomic mass is 32.1. The van der Waals surface area contributed by atoms with Crippen LogP contribution in [-0.2, 0) is 13.2 Å². The number of nitrogen functional groups attached to an aromatic ring is 1. The Hall–Kier alpha value is -4.90. The Bertz CT molecular complexity index is 1930. The molecule has 3 N–H and O–H groups in total. The molecule has 42 heavy (non-hydrogen) atoms. The van der Waals surface area contributed by atoms with E-state index in [0.29, 0.717) is 72.4 Å². The number of tetrazole rings is 1. The molecular formula is C25H23F2N11O3S. The molecule has 1 aromatic carbocycles. The number of hydrogen-bond donors (Lipinski definition) is 2. The van der Waals surface area contributed by atoms with Crippen molar-refractivity contribution >= 4 is 38.8 Å². The molecule has 1 fully saturated rings. The number of piperazine rings is 1. The van der Waals surface area contributed by atoms with E-state index in [2.05, 4.69) is 35.6 Å². The average molecular weight is 596 g/mol. The second-order valence-electron chi connectivity index (χ2n) is 9.65. The highest BCUT2D eigenvalue weighted by Gasteiger charge is 2.23. The first-order chi connectivity index (χ1) is 20.4. The van der Waals surface area contributed by atoms with Crippen LogP contribution in [0.2, 0.25) is 0 Å². The van der Waals surface area contributed by atoms with Gasteiger partial charge in [-0.2, -0.15) is 14.6 Å². The Kier molecular flexibility index (Phi) is 6.50. The highest BCUT2D eigenvalue weighted by molar-refractivity contribution is 7.17. The molecule has 0 unspecified atom stereocenters. The number of halogens is 2. The van der Waals surface area contributed by atoms with Crippen molar-refractivity contribution in [2.45, 2.75) is 13.2 Å². The first kappa shape index (κ1) is 26.0. The zero-order valence-corrected chi connectivity index (χ0v) is 22.7. The van der Waals surface area contributed by atoms with Crippen LogP contribution in [0.5, 0.6) is 5.75 Å². The van der Waals surface area contributed by atoms with E-state index in [9.17, 15) is 13.6 Å². The molecule has 1 aliphatic heterocycles. The van der Waals surface area contributed by atoms with Crippen LogP contribution in [0.3, 0.4) is 0 Å². The zero-order valence-electron chi connectivity index (χ0n) is 21.9. The van der Waals surface area contributed by atoms with Crippen LogP contribution >= 0.6 is 11.3 Å². The van der Waals surface area contributed by atoms with Crippen molar-refractivity contribution in [1.82, 2.24) is 44.7 Å². The summed E-state index contributed by atoms with van der Waals surface area (Å²) in [4.78, 5) is 21.4. The molecule has 0 amide bonds. The van der Waals surface area contributed by atoms with Crippen molar-refractivity contribution < 1.29 is 17.9 Å². The number of fused-ring (bicyclic) bond motifs is 3. The second kappa shape index (κ2) is 10.5. The number of aromatic amines is 1. The number of nitrogens with two attached hydrogens (primary N) is 1. The van der Waals surface area contributed by atoms with Gasteiger partial charge in [-0.15, -0.1) is 5.10 Å². The third-order valence-electron chi connectivity index (χ3n) is 7.13. The maximum absolute atomic E-state index is 14.7. The minimum Gasteiger partial charge on any atom is -0.482 e. The summed E-state index contributed by atoms with van der Waals surface area (Å²) in [5, 5.41) is 17.6. The van der Waals surface area contributed by atoms with Gasteiger partial charge in [-0.3, -0.25) is 14.3 Å². The van der Waals surface area contributed by atoms with E-state index in [4.69, 9.17) is 14.9 Å². The molecule has 0 atom stereocenters. The Morgan fingerprint density at radius 2 is 1.98 bits per heavy atom. The number of benzene rings is 1. The summed E-state index contributed by atoms with van der Waals surface area (Å²) >= 11 is 1.09. The maximum Gasteiger partial charge on any atom is 0.309 e. The molecular weight excluding hydrogens is 572 g/mol. The number of ether oxygens (including phenoxy) is 1. The largest absolute Gasteiger partial charge is 0.482 e. The Balaban J connectivity index is 1.04. The smallest absolute Gasteiger partial charge is 0.309 e. The minimum atomic E-state index is -0.810. The summed E-state index contributed by atoms with van der Waals surface area (Å²) in [6.45, 7) is 3.13. The fourth-order valence-corrected chi connectivity index (χ4v) is 5.96. The molecule has 17 heteroatoms. The molecule has 216 valence electrons. The standard InChI is InChI=1S/C25H23F2N11O3S/c26-14-10-15(27)20(41-13-21-30-33-34-31-21)12-17(14)36-6-3-35(4-7-36)5-8-37-23-22(42-25(37)39)18-11-16(19-2-1-9-40-19)32-38(18)24(28)29-23/h1-2,9-12H,3-8,13H2,(H2,28,29)(H,30,31,33,34). The van der Waals surface area contributed by atoms with Crippen molar-refractivity contribution in [3.05, 3.63) is 63.7 Å². The minimum absolute atomic E-state index is 0.0857. The summed E-state index contributed by atoms with van der Waals surface area (Å²) in [5.74, 6) is -0.503. The monoisotopic (exact) mass is 595 g/mol. The van der Waals surface area contributed by atoms with E-state index in [-0.39, 0.29) is 28.9 Å². The van der Waals surface area contributed by atoms with Crippen molar-refractivity contribution in [1.29, 1.82) is 0 Å². The molecule has 0 bridgehead atoms. The molecule has 0 spiro atoms. The number of H-pyrrole nitrogens is 1. The van der Waals surface area contributed by atoms with Crippen molar-refractivity contribution in [2.24, 2.45) is 0 Å². The topological polar surface area (TPSA) is 162 Å². The van der Waals surface area contributed by atoms with E-state index in [1.54, 1.807) is 23.0 Å². The Labute approximate surface area is 238 Å². The van der Waals surface area contributed by atoms with Crippen LogP contribution in [0.1, 0.15) is 5.82 Å². The first-order valence-corrected chi connectivity index (χ1v) is 13.8. The molecule has 1 saturated heterocycles. The predicted octanol–water partition coefficient (Wildman–Crippen LogP) is 2.14. The molecule has 6 heterocycles. The van der Waals surface area contributed by atoms with Gasteiger partial charge in [0.25, 0.3) is 0 Å². The number of anilines is 2. The van der Waals surface area contributed by atoms with Gasteiger partial charge in [-0.25, -0.2) is 13.9 Å². The summed E-state index contributed by atoms with van der Waals surface area (Å²) in [6.07, 6.45) is 1.56. The first-order valence-electron chi connectivity index (χ1n) is 13.0. The van der Waals surface area contributed by atoms with Crippen LogP contribution < -0.4 is 20.2 Å². The normalized spacial score (nSPS) is 14.4. The quantitative estimate of drug-likeness (QED) is 0.265. The van der Waals surface area contributed by atoms with Gasteiger partial charge in [0.1, 0.15) is 22.8 Å². The number of nitrogens with one attached hydrogen (secondary N) is 1. The number of aromatic nitrogens is 8. The number of hydrogen-bond acceptors (Lipinski definition) is 12. The number of rotatable bonds is 8. The average Bonchev–Trinajstić information content (AvgIpc) is 3.79. The van der Waals surface area contributed by atoms with Crippen molar-refractivity contribution in [3.63, 3.8) is 0 Å². The van der Waals surface area contributed by atoms with Gasteiger partial charge in [0.2, 0.25) is 5.95 Å². The molecule has 0 radical (unpaired) electrons. The van der Waals surface area contributed by atoms with E-state index < -0.39 is 11.6 Å². The molecule has 6 aromatic rings.